The molecular formula is C23H39N5O3. The third kappa shape index (κ3) is 7.61. The number of carbonyl (C=O) groups excluding carboxylic acids is 2. The molecule has 8 heteroatoms. The molecule has 1 aromatic heterocycles. The molecule has 2 fully saturated rings. The van der Waals surface area contributed by atoms with Gasteiger partial charge in [-0.1, -0.05) is 39.5 Å². The molecule has 2 aliphatic rings. The highest BCUT2D eigenvalue weighted by atomic mass is 16.5. The molecule has 1 aliphatic heterocycles. The van der Waals surface area contributed by atoms with Crippen LogP contribution in [-0.2, 0) is 22.6 Å². The third-order valence-corrected chi connectivity index (χ3v) is 6.74. The summed E-state index contributed by atoms with van der Waals surface area (Å²) in [5, 5.41) is 13.4. The van der Waals surface area contributed by atoms with E-state index in [0.717, 1.165) is 63.3 Å². The zero-order valence-electron chi connectivity index (χ0n) is 19.1. The van der Waals surface area contributed by atoms with Gasteiger partial charge in [0.05, 0.1) is 6.54 Å². The van der Waals surface area contributed by atoms with E-state index in [1.807, 2.05) is 6.20 Å². The minimum absolute atomic E-state index is 0.000897. The van der Waals surface area contributed by atoms with Gasteiger partial charge in [0, 0.05) is 37.8 Å². The maximum absolute atomic E-state index is 12.6. The van der Waals surface area contributed by atoms with Gasteiger partial charge < -0.3 is 10.3 Å². The lowest BCUT2D eigenvalue weighted by molar-refractivity contribution is -0.154. The van der Waals surface area contributed by atoms with Crippen molar-refractivity contribution in [3.63, 3.8) is 0 Å². The van der Waals surface area contributed by atoms with E-state index in [0.29, 0.717) is 30.4 Å². The molecule has 1 saturated heterocycles. The smallest absolute Gasteiger partial charge is 0.233 e. The number of amides is 2. The molecular weight excluding hydrogens is 394 g/mol. The molecule has 0 aromatic carbocycles. The second kappa shape index (κ2) is 11.1. The highest BCUT2D eigenvalue weighted by molar-refractivity contribution is 5.76. The molecule has 8 nitrogen and oxygen atoms in total. The molecule has 1 saturated carbocycles. The standard InChI is InChI=1S/C23H39N5O3/c1-23(2,12-21-24-13-20(26-21)15-27-9-5-6-10-27)16-25-22(30)11-19(14-28(31)17-29)18-7-3-4-8-18/h13,17-19,31H,3-12,14-16H2,1-2H3,(H,24,26)(H,25,30). The first-order valence-electron chi connectivity index (χ1n) is 11.8. The van der Waals surface area contributed by atoms with E-state index in [-0.39, 0.29) is 23.8 Å². The number of aromatic amines is 1. The zero-order chi connectivity index (χ0) is 22.3. The van der Waals surface area contributed by atoms with E-state index in [9.17, 15) is 14.8 Å². The largest absolute Gasteiger partial charge is 0.356 e. The Kier molecular flexibility index (Phi) is 8.49. The maximum atomic E-state index is 12.6. The predicted octanol–water partition coefficient (Wildman–Crippen LogP) is 2.73. The van der Waals surface area contributed by atoms with Crippen LogP contribution in [0, 0.1) is 17.3 Å². The van der Waals surface area contributed by atoms with E-state index in [1.165, 1.54) is 12.8 Å². The fourth-order valence-corrected chi connectivity index (χ4v) is 5.01. The average Bonchev–Trinajstić information content (AvgIpc) is 3.49. The highest BCUT2D eigenvalue weighted by Crippen LogP contribution is 2.33. The molecule has 1 unspecified atom stereocenters. The summed E-state index contributed by atoms with van der Waals surface area (Å²) in [5.41, 5.74) is 1.02. The van der Waals surface area contributed by atoms with Crippen molar-refractivity contribution in [2.45, 2.75) is 71.8 Å². The third-order valence-electron chi connectivity index (χ3n) is 6.74. The van der Waals surface area contributed by atoms with Crippen molar-refractivity contribution in [1.29, 1.82) is 0 Å². The van der Waals surface area contributed by atoms with Crippen molar-refractivity contribution in [2.75, 3.05) is 26.2 Å². The second-order valence-corrected chi connectivity index (χ2v) is 10.2. The van der Waals surface area contributed by atoms with Crippen LogP contribution in [0.2, 0.25) is 0 Å². The number of hydroxylamine groups is 2. The molecule has 0 bridgehead atoms. The summed E-state index contributed by atoms with van der Waals surface area (Å²) in [5.74, 6) is 1.34. The number of imidazole rings is 1. The van der Waals surface area contributed by atoms with Crippen LogP contribution in [0.15, 0.2) is 6.20 Å². The van der Waals surface area contributed by atoms with Gasteiger partial charge in [0.2, 0.25) is 12.3 Å². The number of hydrogen-bond acceptors (Lipinski definition) is 5. The Labute approximate surface area is 185 Å². The second-order valence-electron chi connectivity index (χ2n) is 10.2. The summed E-state index contributed by atoms with van der Waals surface area (Å²) in [7, 11) is 0. The number of H-pyrrole nitrogens is 1. The molecule has 1 atom stereocenters. The number of nitrogens with one attached hydrogen (secondary N) is 2. The number of hydrogen-bond donors (Lipinski definition) is 3. The summed E-state index contributed by atoms with van der Waals surface area (Å²) in [6.45, 7) is 8.29. The molecule has 1 aromatic rings. The summed E-state index contributed by atoms with van der Waals surface area (Å²) < 4.78 is 0. The fraction of sp³-hybridized carbons (Fsp3) is 0.783. The number of carbonyl (C=O) groups is 2. The summed E-state index contributed by atoms with van der Waals surface area (Å²) in [4.78, 5) is 33.9. The molecule has 2 amide bonds. The lowest BCUT2D eigenvalue weighted by Crippen LogP contribution is -2.38. The minimum atomic E-state index is -0.132. The van der Waals surface area contributed by atoms with Crippen molar-refractivity contribution < 1.29 is 14.8 Å². The Bertz CT molecular complexity index is 708. The number of nitrogens with zero attached hydrogens (tertiary/aromatic N) is 3. The van der Waals surface area contributed by atoms with Gasteiger partial charge in [-0.15, -0.1) is 0 Å². The molecule has 3 N–H and O–H groups in total. The van der Waals surface area contributed by atoms with Crippen LogP contribution >= 0.6 is 0 Å². The Morgan fingerprint density at radius 2 is 2.06 bits per heavy atom. The van der Waals surface area contributed by atoms with Crippen molar-refractivity contribution in [1.82, 2.24) is 25.2 Å². The molecule has 0 spiro atoms. The molecule has 0 radical (unpaired) electrons. The Morgan fingerprint density at radius 1 is 1.35 bits per heavy atom. The lowest BCUT2D eigenvalue weighted by Gasteiger charge is -2.27. The van der Waals surface area contributed by atoms with E-state index in [1.54, 1.807) is 0 Å². The van der Waals surface area contributed by atoms with Gasteiger partial charge in [-0.3, -0.25) is 19.7 Å². The van der Waals surface area contributed by atoms with Gasteiger partial charge in [0.25, 0.3) is 0 Å². The van der Waals surface area contributed by atoms with Gasteiger partial charge in [-0.25, -0.2) is 10.0 Å². The quantitative estimate of drug-likeness (QED) is 0.267. The monoisotopic (exact) mass is 433 g/mol. The van der Waals surface area contributed by atoms with E-state index in [4.69, 9.17) is 0 Å². The summed E-state index contributed by atoms with van der Waals surface area (Å²) >= 11 is 0. The van der Waals surface area contributed by atoms with Crippen LogP contribution in [0.1, 0.15) is 70.3 Å². The Morgan fingerprint density at radius 3 is 2.74 bits per heavy atom. The van der Waals surface area contributed by atoms with Gasteiger partial charge in [-0.05, 0) is 43.2 Å². The Hall–Kier alpha value is -1.93. The van der Waals surface area contributed by atoms with Gasteiger partial charge in [0.15, 0.2) is 0 Å². The van der Waals surface area contributed by atoms with Crippen molar-refractivity contribution in [2.24, 2.45) is 17.3 Å². The highest BCUT2D eigenvalue weighted by Gasteiger charge is 2.29. The molecule has 1 aliphatic carbocycles. The van der Waals surface area contributed by atoms with Gasteiger partial charge >= 0.3 is 0 Å². The van der Waals surface area contributed by atoms with Crippen LogP contribution in [-0.4, -0.2) is 63.6 Å². The zero-order valence-corrected chi connectivity index (χ0v) is 19.1. The van der Waals surface area contributed by atoms with Crippen LogP contribution in [0.3, 0.4) is 0 Å². The topological polar surface area (TPSA) is 102 Å². The SMILES string of the molecule is CC(C)(CNC(=O)CC(CN(O)C=O)C1CCCC1)Cc1ncc(CN2CCCC2)[nH]1. The van der Waals surface area contributed by atoms with E-state index >= 15 is 0 Å². The van der Waals surface area contributed by atoms with Crippen LogP contribution in [0.25, 0.3) is 0 Å². The normalized spacial score (nSPS) is 18.9. The molecule has 2 heterocycles. The predicted molar refractivity (Wildman–Crippen MR) is 118 cm³/mol. The number of aromatic nitrogens is 2. The van der Waals surface area contributed by atoms with Crippen molar-refractivity contribution >= 4 is 12.3 Å². The first-order valence-corrected chi connectivity index (χ1v) is 11.8. The first-order chi connectivity index (χ1) is 14.8. The summed E-state index contributed by atoms with van der Waals surface area (Å²) in [6.07, 6.45) is 10.5. The van der Waals surface area contributed by atoms with E-state index < -0.39 is 0 Å². The summed E-state index contributed by atoms with van der Waals surface area (Å²) in [6, 6.07) is 0. The molecule has 3 rings (SSSR count). The lowest BCUT2D eigenvalue weighted by atomic mass is 9.86. The molecule has 174 valence electrons. The minimum Gasteiger partial charge on any atom is -0.356 e. The van der Waals surface area contributed by atoms with E-state index in [2.05, 4.69) is 34.0 Å². The van der Waals surface area contributed by atoms with Crippen molar-refractivity contribution in [3.05, 3.63) is 17.7 Å². The van der Waals surface area contributed by atoms with Gasteiger partial charge in [-0.2, -0.15) is 0 Å². The molecule has 31 heavy (non-hydrogen) atoms. The van der Waals surface area contributed by atoms with Crippen LogP contribution < -0.4 is 5.32 Å². The fourth-order valence-electron chi connectivity index (χ4n) is 5.01. The number of likely N-dealkylation sites (tertiary alicyclic amines) is 1. The average molecular weight is 434 g/mol. The van der Waals surface area contributed by atoms with Gasteiger partial charge in [0.1, 0.15) is 5.82 Å². The maximum Gasteiger partial charge on any atom is 0.233 e. The van der Waals surface area contributed by atoms with Crippen LogP contribution in [0.5, 0.6) is 0 Å². The number of rotatable bonds is 12. The Balaban J connectivity index is 1.46. The van der Waals surface area contributed by atoms with Crippen molar-refractivity contribution in [3.8, 4) is 0 Å². The first kappa shape index (κ1) is 23.7. The van der Waals surface area contributed by atoms with Crippen LogP contribution in [0.4, 0.5) is 0 Å².